The molecule has 16 nitrogen and oxygen atoms in total. The van der Waals surface area contributed by atoms with E-state index in [0.717, 1.165) is 29.1 Å². The number of carbonyl (C=O) groups excluding carboxylic acids is 4. The molecule has 4 aliphatic rings. The summed E-state index contributed by atoms with van der Waals surface area (Å²) in [5.41, 5.74) is 5.70. The lowest BCUT2D eigenvalue weighted by Gasteiger charge is -2.39. The monoisotopic (exact) mass is 1210 g/mol. The van der Waals surface area contributed by atoms with Crippen molar-refractivity contribution in [1.29, 1.82) is 0 Å². The number of carbonyl (C=O) groups is 4. The molecule has 21 heteroatoms. The molecule has 12 rings (SSSR count). The summed E-state index contributed by atoms with van der Waals surface area (Å²) in [4.78, 5) is 85.9. The Hall–Kier alpha value is -8.25. The highest BCUT2D eigenvalue weighted by Gasteiger charge is 2.41. The van der Waals surface area contributed by atoms with E-state index in [0.29, 0.717) is 111 Å². The van der Waals surface area contributed by atoms with Crippen LogP contribution in [0.5, 0.6) is 0 Å². The Balaban J connectivity index is 0.000000164. The van der Waals surface area contributed by atoms with Crippen LogP contribution in [-0.2, 0) is 9.59 Å². The molecule has 424 valence electrons. The van der Waals surface area contributed by atoms with Crippen LogP contribution in [0.1, 0.15) is 57.8 Å². The van der Waals surface area contributed by atoms with E-state index in [1.54, 1.807) is 101 Å². The average Bonchev–Trinajstić information content (AvgIpc) is 2.61. The van der Waals surface area contributed by atoms with Gasteiger partial charge in [-0.1, -0.05) is 156 Å². The minimum absolute atomic E-state index is 0.0889. The summed E-state index contributed by atoms with van der Waals surface area (Å²) in [5, 5.41) is 10.1. The predicted octanol–water partition coefficient (Wildman–Crippen LogP) is 11.5. The summed E-state index contributed by atoms with van der Waals surface area (Å²) in [5.74, 6) is 0.144. The number of halogens is 5. The second kappa shape index (κ2) is 25.5. The predicted molar refractivity (Wildman–Crippen MR) is 329 cm³/mol. The fourth-order valence-electron chi connectivity index (χ4n) is 10.7. The summed E-state index contributed by atoms with van der Waals surface area (Å²) in [6.07, 6.45) is 0. The Labute approximate surface area is 503 Å². The minimum Gasteiger partial charge on any atom is -0.368 e. The van der Waals surface area contributed by atoms with Gasteiger partial charge in [-0.15, -0.1) is 0 Å². The maximum atomic E-state index is 14.3. The minimum atomic E-state index is -0.882. The summed E-state index contributed by atoms with van der Waals surface area (Å²) in [6.45, 7) is 8.67. The average molecular weight is 1210 g/mol. The van der Waals surface area contributed by atoms with Gasteiger partial charge in [-0.2, -0.15) is 4.68 Å². The van der Waals surface area contributed by atoms with Crippen LogP contribution >= 0.6 is 58.0 Å². The van der Waals surface area contributed by atoms with Crippen LogP contribution in [-0.4, -0.2) is 104 Å². The number of nitrogens with one attached hydrogen (secondary N) is 3. The molecule has 4 aliphatic heterocycles. The zero-order valence-electron chi connectivity index (χ0n) is 44.9. The van der Waals surface area contributed by atoms with Crippen molar-refractivity contribution in [1.82, 2.24) is 28.9 Å². The molecular formula is C62H55Cl5N10O6. The number of piperazine rings is 2. The van der Waals surface area contributed by atoms with E-state index in [1.165, 1.54) is 16.8 Å². The topological polar surface area (TPSA) is 170 Å². The third kappa shape index (κ3) is 12.3. The van der Waals surface area contributed by atoms with E-state index < -0.39 is 28.8 Å². The molecule has 0 aliphatic carbocycles. The molecule has 3 N–H and O–H groups in total. The number of fused-ring (bicyclic) bond motifs is 2. The lowest BCUT2D eigenvalue weighted by Crippen LogP contribution is -2.50. The van der Waals surface area contributed by atoms with Crippen molar-refractivity contribution in [3.8, 4) is 0 Å². The maximum Gasteiger partial charge on any atom is 0.279 e. The Bertz CT molecular complexity index is 3910. The van der Waals surface area contributed by atoms with Gasteiger partial charge in [0.1, 0.15) is 23.7 Å². The molecule has 6 aromatic carbocycles. The lowest BCUT2D eigenvalue weighted by atomic mass is 9.94. The Morgan fingerprint density at radius 3 is 1.35 bits per heavy atom. The number of anilines is 4. The van der Waals surface area contributed by atoms with Crippen LogP contribution in [0.15, 0.2) is 202 Å². The van der Waals surface area contributed by atoms with E-state index >= 15 is 0 Å². The second-order valence-electron chi connectivity index (χ2n) is 19.9. The van der Waals surface area contributed by atoms with Crippen LogP contribution in [0.2, 0.25) is 20.1 Å². The van der Waals surface area contributed by atoms with Gasteiger partial charge in [0, 0.05) is 110 Å². The summed E-state index contributed by atoms with van der Waals surface area (Å²) in [6, 6.07) is 49.4. The third-order valence-electron chi connectivity index (χ3n) is 14.8. The van der Waals surface area contributed by atoms with Crippen molar-refractivity contribution in [3.63, 3.8) is 0 Å². The standard InChI is InChI=1S/C31H27Cl2N5O3.C24H23Cl2N5O2.C7H5ClO/c1-20-27(31(41)36-17-15-35(16-18-36)22-11-6-3-7-12-22)29(23-13-8-14-24(32)28(23)33)37-25(34-20)19-26(39)38(37)30(40)21-9-4-2-5-10-21;1-15-21(24(33)30-12-10-29(11-13-30)16-6-3-2-4-7-16)23(17-8-5-9-18(25)22(17)26)31-19(27-15)14-20(32)28-31;8-7(9)6-4-2-1-3-5-6/h2-14,19,29,34H,15-18H2,1H3;2-9,14,23,27H,10-13H2,1H3,(H,28,32);1-5H. The van der Waals surface area contributed by atoms with Gasteiger partial charge in [0.2, 0.25) is 0 Å². The number of para-hydroxylation sites is 2. The smallest absolute Gasteiger partial charge is 0.279 e. The Morgan fingerprint density at radius 2 is 0.892 bits per heavy atom. The number of aromatic amines is 1. The first kappa shape index (κ1) is 58.0. The maximum absolute atomic E-state index is 14.3. The highest BCUT2D eigenvalue weighted by atomic mass is 35.5. The third-order valence-corrected chi connectivity index (χ3v) is 16.7. The number of hydrogen-bond donors (Lipinski definition) is 3. The van der Waals surface area contributed by atoms with E-state index in [-0.39, 0.29) is 22.4 Å². The van der Waals surface area contributed by atoms with Crippen LogP contribution in [0, 0.1) is 0 Å². The summed E-state index contributed by atoms with van der Waals surface area (Å²) in [7, 11) is 0. The van der Waals surface area contributed by atoms with Crippen molar-refractivity contribution in [3.05, 3.63) is 255 Å². The molecule has 2 saturated heterocycles. The lowest BCUT2D eigenvalue weighted by molar-refractivity contribution is -0.128. The number of hydrogen-bond acceptors (Lipinski definition) is 10. The van der Waals surface area contributed by atoms with Crippen LogP contribution in [0.3, 0.4) is 0 Å². The van der Waals surface area contributed by atoms with Crippen molar-refractivity contribution < 1.29 is 19.2 Å². The zero-order valence-corrected chi connectivity index (χ0v) is 48.7. The Kier molecular flexibility index (Phi) is 17.8. The fourth-order valence-corrected chi connectivity index (χ4v) is 11.7. The number of benzene rings is 6. The van der Waals surface area contributed by atoms with Gasteiger partial charge in [-0.25, -0.2) is 4.68 Å². The summed E-state index contributed by atoms with van der Waals surface area (Å²) < 4.78 is 4.24. The molecule has 2 unspecified atom stereocenters. The van der Waals surface area contributed by atoms with Crippen molar-refractivity contribution >= 4 is 104 Å². The molecule has 6 heterocycles. The Morgan fingerprint density at radius 1 is 0.470 bits per heavy atom. The highest BCUT2D eigenvalue weighted by molar-refractivity contribution is 6.67. The first-order valence-corrected chi connectivity index (χ1v) is 28.5. The SMILES string of the molecule is CC1=C(C(=O)N2CCN(c3ccccc3)CC2)C(c2cccc(Cl)c2Cl)n2[nH]c(=O)cc2N1.CC1=C(C(=O)N2CCN(c3ccccc3)CC2)C(c2cccc(Cl)c2Cl)n2c(cc(=O)n2C(=O)c2ccccc2)N1.O=C(Cl)c1ccccc1. The van der Waals surface area contributed by atoms with Gasteiger partial charge in [-0.05, 0) is 74.0 Å². The molecule has 2 atom stereocenters. The molecule has 0 saturated carbocycles. The van der Waals surface area contributed by atoms with Gasteiger partial charge in [0.05, 0.1) is 31.2 Å². The molecule has 2 fully saturated rings. The van der Waals surface area contributed by atoms with E-state index in [1.807, 2.05) is 60.4 Å². The van der Waals surface area contributed by atoms with E-state index in [9.17, 15) is 28.8 Å². The van der Waals surface area contributed by atoms with Crippen molar-refractivity contribution in [2.75, 3.05) is 72.8 Å². The van der Waals surface area contributed by atoms with Crippen molar-refractivity contribution in [2.45, 2.75) is 25.9 Å². The molecular weight excluding hydrogens is 1160 g/mol. The quantitative estimate of drug-likeness (QED) is 0.124. The van der Waals surface area contributed by atoms with E-state index in [4.69, 9.17) is 58.0 Å². The van der Waals surface area contributed by atoms with Gasteiger partial charge in [0.25, 0.3) is 34.1 Å². The normalized spacial score (nSPS) is 16.5. The number of rotatable bonds is 8. The largest absolute Gasteiger partial charge is 0.368 e. The number of H-pyrrole nitrogens is 1. The fraction of sp³-hybridized carbons (Fsp3) is 0.194. The molecule has 8 aromatic rings. The zero-order chi connectivity index (χ0) is 58.5. The van der Waals surface area contributed by atoms with Gasteiger partial charge < -0.3 is 30.2 Å². The number of amides is 2. The molecule has 83 heavy (non-hydrogen) atoms. The van der Waals surface area contributed by atoms with Gasteiger partial charge in [-0.3, -0.25) is 38.5 Å². The first-order chi connectivity index (χ1) is 40.1. The molecule has 0 bridgehead atoms. The molecule has 0 spiro atoms. The first-order valence-electron chi connectivity index (χ1n) is 26.6. The number of allylic oxidation sites excluding steroid dienone is 2. The second-order valence-corrected chi connectivity index (χ2v) is 21.8. The van der Waals surface area contributed by atoms with Crippen LogP contribution in [0.25, 0.3) is 0 Å². The molecule has 0 radical (unpaired) electrons. The molecule has 2 amide bonds. The summed E-state index contributed by atoms with van der Waals surface area (Å²) >= 11 is 31.2. The molecule has 2 aromatic heterocycles. The van der Waals surface area contributed by atoms with Crippen LogP contribution in [0.4, 0.5) is 23.0 Å². The van der Waals surface area contributed by atoms with Crippen LogP contribution < -0.4 is 31.6 Å². The number of aromatic nitrogens is 4. The number of nitrogens with zero attached hydrogens (tertiary/aromatic N) is 7. The van der Waals surface area contributed by atoms with Gasteiger partial charge >= 0.3 is 0 Å². The van der Waals surface area contributed by atoms with Gasteiger partial charge in [0.15, 0.2) is 0 Å². The van der Waals surface area contributed by atoms with Crippen molar-refractivity contribution in [2.24, 2.45) is 0 Å². The van der Waals surface area contributed by atoms with E-state index in [2.05, 4.69) is 49.8 Å². The highest BCUT2D eigenvalue weighted by Crippen LogP contribution is 2.43.